The highest BCUT2D eigenvalue weighted by Gasteiger charge is 2.05. The summed E-state index contributed by atoms with van der Waals surface area (Å²) in [6, 6.07) is 13.1. The minimum atomic E-state index is -0.319. The second-order valence-electron chi connectivity index (χ2n) is 4.40. The van der Waals surface area contributed by atoms with Crippen LogP contribution >= 0.6 is 0 Å². The van der Waals surface area contributed by atoms with Crippen LogP contribution in [0, 0.1) is 17.7 Å². The molecule has 0 aliphatic carbocycles. The average molecular weight is 282 g/mol. The maximum Gasteiger partial charge on any atom is 0.251 e. The number of benzene rings is 2. The van der Waals surface area contributed by atoms with Gasteiger partial charge in [0.2, 0.25) is 0 Å². The third-order valence-corrected chi connectivity index (χ3v) is 2.80. The van der Waals surface area contributed by atoms with E-state index in [1.54, 1.807) is 30.3 Å². The van der Waals surface area contributed by atoms with Crippen molar-refractivity contribution in [3.05, 3.63) is 71.0 Å². The number of carbonyl (C=O) groups excluding carboxylic acids is 1. The Morgan fingerprint density at radius 2 is 2.00 bits per heavy atom. The van der Waals surface area contributed by atoms with Crippen LogP contribution in [0.15, 0.2) is 48.5 Å². The summed E-state index contributed by atoms with van der Waals surface area (Å²) in [7, 11) is 0. The Hall–Kier alpha value is -2.64. The SMILES string of the molecule is NCC#Cc1cccc(C(=O)NCc2cccc(F)c2)c1. The van der Waals surface area contributed by atoms with E-state index in [0.29, 0.717) is 11.1 Å². The zero-order valence-electron chi connectivity index (χ0n) is 11.4. The van der Waals surface area contributed by atoms with Crippen molar-refractivity contribution in [2.45, 2.75) is 6.54 Å². The van der Waals surface area contributed by atoms with Crippen molar-refractivity contribution >= 4 is 5.91 Å². The minimum absolute atomic E-state index is 0.226. The van der Waals surface area contributed by atoms with E-state index in [4.69, 9.17) is 5.73 Å². The van der Waals surface area contributed by atoms with Crippen LogP contribution in [-0.2, 0) is 6.54 Å². The maximum atomic E-state index is 13.0. The smallest absolute Gasteiger partial charge is 0.251 e. The Balaban J connectivity index is 2.03. The largest absolute Gasteiger partial charge is 0.348 e. The topological polar surface area (TPSA) is 55.1 Å². The average Bonchev–Trinajstić information content (AvgIpc) is 2.51. The number of halogens is 1. The van der Waals surface area contributed by atoms with E-state index in [1.807, 2.05) is 6.07 Å². The zero-order valence-corrected chi connectivity index (χ0v) is 11.4. The van der Waals surface area contributed by atoms with Crippen molar-refractivity contribution in [3.63, 3.8) is 0 Å². The Labute approximate surface area is 123 Å². The van der Waals surface area contributed by atoms with Gasteiger partial charge in [-0.15, -0.1) is 0 Å². The predicted octanol–water partition coefficient (Wildman–Crippen LogP) is 2.07. The van der Waals surface area contributed by atoms with E-state index in [2.05, 4.69) is 17.2 Å². The summed E-state index contributed by atoms with van der Waals surface area (Å²) < 4.78 is 13.0. The number of nitrogens with two attached hydrogens (primary N) is 1. The predicted molar refractivity (Wildman–Crippen MR) is 79.9 cm³/mol. The first-order valence-corrected chi connectivity index (χ1v) is 6.50. The molecule has 0 fully saturated rings. The van der Waals surface area contributed by atoms with E-state index in [0.717, 1.165) is 5.56 Å². The minimum Gasteiger partial charge on any atom is -0.348 e. The van der Waals surface area contributed by atoms with Gasteiger partial charge in [-0.25, -0.2) is 4.39 Å². The third kappa shape index (κ3) is 4.44. The van der Waals surface area contributed by atoms with E-state index < -0.39 is 0 Å². The van der Waals surface area contributed by atoms with Crippen LogP contribution in [-0.4, -0.2) is 12.5 Å². The molecule has 0 spiro atoms. The summed E-state index contributed by atoms with van der Waals surface area (Å²) in [5.41, 5.74) is 7.27. The molecule has 2 rings (SSSR count). The highest BCUT2D eigenvalue weighted by molar-refractivity contribution is 5.94. The van der Waals surface area contributed by atoms with E-state index in [9.17, 15) is 9.18 Å². The normalized spacial score (nSPS) is 9.62. The number of rotatable bonds is 3. The van der Waals surface area contributed by atoms with Gasteiger partial charge in [-0.3, -0.25) is 4.79 Å². The van der Waals surface area contributed by atoms with Gasteiger partial charge >= 0.3 is 0 Å². The molecule has 1 amide bonds. The van der Waals surface area contributed by atoms with E-state index in [-0.39, 0.29) is 24.8 Å². The quantitative estimate of drug-likeness (QED) is 0.847. The van der Waals surface area contributed by atoms with Crippen LogP contribution in [0.4, 0.5) is 4.39 Å². The third-order valence-electron chi connectivity index (χ3n) is 2.80. The summed E-state index contributed by atoms with van der Waals surface area (Å²) in [5.74, 6) is 5.07. The summed E-state index contributed by atoms with van der Waals surface area (Å²) in [5, 5.41) is 2.75. The Morgan fingerprint density at radius 3 is 2.76 bits per heavy atom. The highest BCUT2D eigenvalue weighted by atomic mass is 19.1. The molecule has 0 saturated carbocycles. The molecule has 3 nitrogen and oxygen atoms in total. The van der Waals surface area contributed by atoms with Gasteiger partial charge in [0.15, 0.2) is 0 Å². The number of amides is 1. The number of hydrogen-bond donors (Lipinski definition) is 2. The molecule has 2 aromatic carbocycles. The van der Waals surface area contributed by atoms with E-state index in [1.165, 1.54) is 12.1 Å². The van der Waals surface area contributed by atoms with Crippen LogP contribution in [0.25, 0.3) is 0 Å². The van der Waals surface area contributed by atoms with Crippen LogP contribution in [0.2, 0.25) is 0 Å². The van der Waals surface area contributed by atoms with Gasteiger partial charge in [0.25, 0.3) is 5.91 Å². The molecule has 21 heavy (non-hydrogen) atoms. The summed E-state index contributed by atoms with van der Waals surface area (Å²) >= 11 is 0. The maximum absolute atomic E-state index is 13.0. The molecule has 4 heteroatoms. The highest BCUT2D eigenvalue weighted by Crippen LogP contribution is 2.06. The van der Waals surface area contributed by atoms with Gasteiger partial charge in [0.1, 0.15) is 5.82 Å². The van der Waals surface area contributed by atoms with Crippen LogP contribution in [0.5, 0.6) is 0 Å². The van der Waals surface area contributed by atoms with Crippen molar-refractivity contribution in [3.8, 4) is 11.8 Å². The van der Waals surface area contributed by atoms with Gasteiger partial charge in [0, 0.05) is 17.7 Å². The lowest BCUT2D eigenvalue weighted by atomic mass is 10.1. The molecule has 106 valence electrons. The molecule has 0 atom stereocenters. The standard InChI is InChI=1S/C17H15FN2O/c18-16-8-2-5-14(11-16)12-20-17(21)15-7-1-4-13(10-15)6-3-9-19/h1-2,4-5,7-8,10-11H,9,12,19H2,(H,20,21). The van der Waals surface area contributed by atoms with Crippen LogP contribution in [0.3, 0.4) is 0 Å². The van der Waals surface area contributed by atoms with Crippen molar-refractivity contribution < 1.29 is 9.18 Å². The van der Waals surface area contributed by atoms with Crippen LogP contribution < -0.4 is 11.1 Å². The van der Waals surface area contributed by atoms with Crippen molar-refractivity contribution in [1.29, 1.82) is 0 Å². The Kier molecular flexibility index (Phi) is 5.08. The second kappa shape index (κ2) is 7.22. The molecule has 0 radical (unpaired) electrons. The Morgan fingerprint density at radius 1 is 1.19 bits per heavy atom. The van der Waals surface area contributed by atoms with Gasteiger partial charge < -0.3 is 11.1 Å². The molecule has 0 aliphatic heterocycles. The molecule has 0 unspecified atom stereocenters. The lowest BCUT2D eigenvalue weighted by Gasteiger charge is -2.06. The first-order chi connectivity index (χ1) is 10.2. The molecule has 0 aromatic heterocycles. The summed E-state index contributed by atoms with van der Waals surface area (Å²) in [4.78, 5) is 12.1. The van der Waals surface area contributed by atoms with Gasteiger partial charge in [-0.05, 0) is 35.9 Å². The molecule has 0 bridgehead atoms. The first-order valence-electron chi connectivity index (χ1n) is 6.50. The molecule has 0 aliphatic rings. The molecule has 2 aromatic rings. The molecule has 0 heterocycles. The fourth-order valence-electron chi connectivity index (χ4n) is 1.82. The molecule has 0 saturated heterocycles. The van der Waals surface area contributed by atoms with Crippen molar-refractivity contribution in [1.82, 2.24) is 5.32 Å². The number of hydrogen-bond acceptors (Lipinski definition) is 2. The zero-order chi connectivity index (χ0) is 15.1. The lowest BCUT2D eigenvalue weighted by Crippen LogP contribution is -2.22. The van der Waals surface area contributed by atoms with E-state index >= 15 is 0 Å². The molecular formula is C17H15FN2O. The number of nitrogens with one attached hydrogen (secondary N) is 1. The summed E-state index contributed by atoms with van der Waals surface area (Å²) in [6.07, 6.45) is 0. The molecule has 3 N–H and O–H groups in total. The fraction of sp³-hybridized carbons (Fsp3) is 0.118. The number of carbonyl (C=O) groups is 1. The fourth-order valence-corrected chi connectivity index (χ4v) is 1.82. The van der Waals surface area contributed by atoms with Gasteiger partial charge in [-0.2, -0.15) is 0 Å². The van der Waals surface area contributed by atoms with Crippen LogP contribution in [0.1, 0.15) is 21.5 Å². The lowest BCUT2D eigenvalue weighted by molar-refractivity contribution is 0.0951. The first kappa shape index (κ1) is 14.8. The Bertz CT molecular complexity index is 701. The van der Waals surface area contributed by atoms with Crippen molar-refractivity contribution in [2.24, 2.45) is 5.73 Å². The summed E-state index contributed by atoms with van der Waals surface area (Å²) in [6.45, 7) is 0.547. The van der Waals surface area contributed by atoms with Gasteiger partial charge in [0.05, 0.1) is 6.54 Å². The second-order valence-corrected chi connectivity index (χ2v) is 4.40. The van der Waals surface area contributed by atoms with Crippen molar-refractivity contribution in [2.75, 3.05) is 6.54 Å². The monoisotopic (exact) mass is 282 g/mol. The van der Waals surface area contributed by atoms with Gasteiger partial charge in [-0.1, -0.05) is 30.0 Å². The molecular weight excluding hydrogens is 267 g/mol.